The Hall–Kier alpha value is -0.743. The van der Waals surface area contributed by atoms with E-state index >= 15 is 0 Å². The van der Waals surface area contributed by atoms with Crippen molar-refractivity contribution in [2.45, 2.75) is 112 Å². The molecule has 0 nitrogen and oxygen atoms in total. The monoisotopic (exact) mass is 346 g/mol. The van der Waals surface area contributed by atoms with E-state index < -0.39 is 8.07 Å². The molecule has 0 saturated heterocycles. The van der Waals surface area contributed by atoms with E-state index in [0.717, 1.165) is 25.7 Å². The van der Waals surface area contributed by atoms with Crippen LogP contribution >= 0.6 is 0 Å². The molecule has 0 fully saturated rings. The molecule has 0 rings (SSSR count). The van der Waals surface area contributed by atoms with Crippen molar-refractivity contribution in [3.63, 3.8) is 0 Å². The molecule has 0 spiro atoms. The Morgan fingerprint density at radius 2 is 1.29 bits per heavy atom. The third-order valence-electron chi connectivity index (χ3n) is 5.59. The molecule has 0 radical (unpaired) electrons. The van der Waals surface area contributed by atoms with Crippen LogP contribution in [0.25, 0.3) is 0 Å². The summed E-state index contributed by atoms with van der Waals surface area (Å²) in [5.41, 5.74) is 10.4. The van der Waals surface area contributed by atoms with E-state index in [2.05, 4.69) is 86.8 Å². The van der Waals surface area contributed by atoms with Crippen LogP contribution in [0.4, 0.5) is 0 Å². The van der Waals surface area contributed by atoms with E-state index in [1.165, 1.54) is 16.7 Å². The zero-order chi connectivity index (χ0) is 18.9. The molecule has 0 saturated carbocycles. The lowest BCUT2D eigenvalue weighted by Crippen LogP contribution is -2.43. The van der Waals surface area contributed by atoms with Crippen molar-refractivity contribution in [1.82, 2.24) is 0 Å². The van der Waals surface area contributed by atoms with Gasteiger partial charge in [0.1, 0.15) is 8.07 Å². The van der Waals surface area contributed by atoms with Gasteiger partial charge >= 0.3 is 0 Å². The number of hydrogen-bond donors (Lipinski definition) is 0. The van der Waals surface area contributed by atoms with E-state index in [4.69, 9.17) is 0 Å². The molecule has 0 atom stereocenters. The minimum absolute atomic E-state index is 0.699. The predicted molar refractivity (Wildman–Crippen MR) is 115 cm³/mol. The van der Waals surface area contributed by atoms with Crippen LogP contribution in [0.3, 0.4) is 0 Å². The van der Waals surface area contributed by atoms with Crippen molar-refractivity contribution in [2.75, 3.05) is 0 Å². The van der Waals surface area contributed by atoms with Gasteiger partial charge in [-0.25, -0.2) is 0 Å². The van der Waals surface area contributed by atoms with Gasteiger partial charge in [-0.15, -0.1) is 5.54 Å². The standard InChI is InChI=1S/C23H42Si/c1-11-15-21(12-2)23(14-4)22(13-3)16-17-24(18(5)6,19(7)8)20(9)10/h15,18-20H,11-14H2,1-10H3/b21-15+,23-22-. The summed E-state index contributed by atoms with van der Waals surface area (Å²) >= 11 is 0. The second-order valence-corrected chi connectivity index (χ2v) is 13.4. The van der Waals surface area contributed by atoms with Gasteiger partial charge in [0.2, 0.25) is 0 Å². The maximum atomic E-state index is 3.92. The van der Waals surface area contributed by atoms with Crippen LogP contribution in [0.2, 0.25) is 16.6 Å². The van der Waals surface area contributed by atoms with Gasteiger partial charge in [0.25, 0.3) is 0 Å². The Balaban J connectivity index is 6.27. The first-order chi connectivity index (χ1) is 11.2. The average molecular weight is 347 g/mol. The van der Waals surface area contributed by atoms with Gasteiger partial charge < -0.3 is 0 Å². The fourth-order valence-electron chi connectivity index (χ4n) is 4.36. The van der Waals surface area contributed by atoms with Crippen LogP contribution in [0.5, 0.6) is 0 Å². The molecule has 0 amide bonds. The van der Waals surface area contributed by atoms with Crippen molar-refractivity contribution in [1.29, 1.82) is 0 Å². The highest BCUT2D eigenvalue weighted by Crippen LogP contribution is 2.41. The molecule has 138 valence electrons. The molecule has 0 aliphatic carbocycles. The maximum Gasteiger partial charge on any atom is 0.146 e. The summed E-state index contributed by atoms with van der Waals surface area (Å²) in [6.45, 7) is 23.4. The van der Waals surface area contributed by atoms with Gasteiger partial charge in [-0.2, -0.15) is 0 Å². The minimum atomic E-state index is -1.64. The molecule has 0 aliphatic rings. The largest absolute Gasteiger partial charge is 0.146 e. The lowest BCUT2D eigenvalue weighted by atomic mass is 9.94. The molecule has 24 heavy (non-hydrogen) atoms. The van der Waals surface area contributed by atoms with E-state index in [1.807, 2.05) is 0 Å². The van der Waals surface area contributed by atoms with Gasteiger partial charge in [0, 0.05) is 5.57 Å². The average Bonchev–Trinajstić information content (AvgIpc) is 2.51. The summed E-state index contributed by atoms with van der Waals surface area (Å²) in [5, 5.41) is 0. The highest BCUT2D eigenvalue weighted by atomic mass is 28.3. The van der Waals surface area contributed by atoms with Crippen LogP contribution in [-0.4, -0.2) is 8.07 Å². The third-order valence-corrected chi connectivity index (χ3v) is 11.9. The highest BCUT2D eigenvalue weighted by molar-refractivity contribution is 6.90. The molecule has 0 bridgehead atoms. The van der Waals surface area contributed by atoms with Gasteiger partial charge in [-0.3, -0.25) is 0 Å². The Labute approximate surface area is 154 Å². The zero-order valence-electron chi connectivity index (χ0n) is 18.1. The van der Waals surface area contributed by atoms with Gasteiger partial charge in [0.15, 0.2) is 0 Å². The Morgan fingerprint density at radius 3 is 1.58 bits per heavy atom. The van der Waals surface area contributed by atoms with Crippen molar-refractivity contribution in [3.8, 4) is 11.5 Å². The first-order valence-corrected chi connectivity index (χ1v) is 12.4. The molecule has 0 heterocycles. The first-order valence-electron chi connectivity index (χ1n) is 10.2. The third kappa shape index (κ3) is 5.38. The minimum Gasteiger partial charge on any atom is -0.125 e. The van der Waals surface area contributed by atoms with Crippen LogP contribution in [0.15, 0.2) is 22.8 Å². The van der Waals surface area contributed by atoms with Gasteiger partial charge in [0.05, 0.1) is 0 Å². The highest BCUT2D eigenvalue weighted by Gasteiger charge is 2.41. The van der Waals surface area contributed by atoms with E-state index in [9.17, 15) is 0 Å². The Bertz CT molecular complexity index is 470. The van der Waals surface area contributed by atoms with Gasteiger partial charge in [-0.05, 0) is 53.5 Å². The lowest BCUT2D eigenvalue weighted by molar-refractivity contribution is 0.838. The summed E-state index contributed by atoms with van der Waals surface area (Å²) in [7, 11) is -1.64. The lowest BCUT2D eigenvalue weighted by Gasteiger charge is -2.38. The second-order valence-electron chi connectivity index (χ2n) is 7.80. The molecular formula is C23H42Si. The first kappa shape index (κ1) is 23.3. The molecule has 0 aliphatic heterocycles. The smallest absolute Gasteiger partial charge is 0.125 e. The van der Waals surface area contributed by atoms with Crippen molar-refractivity contribution < 1.29 is 0 Å². The number of rotatable bonds is 8. The van der Waals surface area contributed by atoms with Crippen LogP contribution in [-0.2, 0) is 0 Å². The van der Waals surface area contributed by atoms with Crippen molar-refractivity contribution in [2.24, 2.45) is 0 Å². The summed E-state index contributed by atoms with van der Waals surface area (Å²) < 4.78 is 0. The van der Waals surface area contributed by atoms with Crippen LogP contribution in [0, 0.1) is 11.5 Å². The van der Waals surface area contributed by atoms with Crippen LogP contribution < -0.4 is 0 Å². The molecule has 0 aromatic heterocycles. The molecule has 0 N–H and O–H groups in total. The number of hydrogen-bond acceptors (Lipinski definition) is 0. The summed E-state index contributed by atoms with van der Waals surface area (Å²) in [5.74, 6) is 3.73. The quantitative estimate of drug-likeness (QED) is 0.237. The molecule has 1 heteroatoms. The summed E-state index contributed by atoms with van der Waals surface area (Å²) in [6, 6.07) is 0. The Kier molecular flexibility index (Phi) is 10.6. The second kappa shape index (κ2) is 11.0. The molecule has 0 aromatic rings. The van der Waals surface area contributed by atoms with Gasteiger partial charge in [-0.1, -0.05) is 81.2 Å². The fraction of sp³-hybridized carbons (Fsp3) is 0.739. The van der Waals surface area contributed by atoms with Crippen LogP contribution in [0.1, 0.15) is 94.9 Å². The van der Waals surface area contributed by atoms with E-state index in [0.29, 0.717) is 16.6 Å². The molecule has 0 aromatic carbocycles. The van der Waals surface area contributed by atoms with E-state index in [1.54, 1.807) is 0 Å². The van der Waals surface area contributed by atoms with E-state index in [-0.39, 0.29) is 0 Å². The number of allylic oxidation sites excluding steroid dienone is 4. The summed E-state index contributed by atoms with van der Waals surface area (Å²) in [4.78, 5) is 0. The zero-order valence-corrected chi connectivity index (χ0v) is 19.1. The SMILES string of the molecule is CC/C=C(CC)/C(CC)=C(\C#C[Si](C(C)C)(C(C)C)C(C)C)CC. The maximum absolute atomic E-state index is 3.92. The molecule has 0 unspecified atom stereocenters. The predicted octanol–water partition coefficient (Wildman–Crippen LogP) is 8.07. The fourth-order valence-corrected chi connectivity index (χ4v) is 9.59. The normalized spacial score (nSPS) is 14.1. The van der Waals surface area contributed by atoms with Crippen molar-refractivity contribution >= 4 is 8.07 Å². The topological polar surface area (TPSA) is 0 Å². The Morgan fingerprint density at radius 1 is 0.792 bits per heavy atom. The summed E-state index contributed by atoms with van der Waals surface area (Å²) in [6.07, 6.45) is 6.77. The molecular weight excluding hydrogens is 304 g/mol. The van der Waals surface area contributed by atoms with Crippen molar-refractivity contribution in [3.05, 3.63) is 22.8 Å².